The van der Waals surface area contributed by atoms with Crippen molar-refractivity contribution >= 4 is 23.4 Å². The number of carbonyl (C=O) groups excluding carboxylic acids is 3. The molecule has 0 bridgehead atoms. The van der Waals surface area contributed by atoms with E-state index in [0.29, 0.717) is 11.1 Å². The number of fused-ring (bicyclic) bond motifs is 2. The van der Waals surface area contributed by atoms with Gasteiger partial charge >= 0.3 is 0 Å². The molecule has 4 rings (SSSR count). The largest absolute Gasteiger partial charge is 0.289 e. The second-order valence-electron chi connectivity index (χ2n) is 6.54. The number of allylic oxidation sites excluding steroid dienone is 1. The molecule has 3 aromatic carbocycles. The number of aryl methyl sites for hydroxylation is 1. The zero-order valence-electron chi connectivity index (χ0n) is 14.7. The Kier molecular flexibility index (Phi) is 4.13. The van der Waals surface area contributed by atoms with Gasteiger partial charge in [0, 0.05) is 27.8 Å². The highest BCUT2D eigenvalue weighted by molar-refractivity contribution is 6.31. The number of hydrogen-bond acceptors (Lipinski definition) is 3. The van der Waals surface area contributed by atoms with Crippen molar-refractivity contribution in [2.75, 3.05) is 0 Å². The third-order valence-electron chi connectivity index (χ3n) is 4.72. The molecule has 0 spiro atoms. The summed E-state index contributed by atoms with van der Waals surface area (Å²) in [4.78, 5) is 38.5. The molecule has 0 fully saturated rings. The molecule has 0 aliphatic heterocycles. The normalized spacial score (nSPS) is 12.8. The van der Waals surface area contributed by atoms with Gasteiger partial charge < -0.3 is 0 Å². The molecule has 0 atom stereocenters. The van der Waals surface area contributed by atoms with Crippen molar-refractivity contribution < 1.29 is 14.4 Å². The molecule has 1 aliphatic carbocycles. The lowest BCUT2D eigenvalue weighted by atomic mass is 9.81. The van der Waals surface area contributed by atoms with Crippen LogP contribution in [0.3, 0.4) is 0 Å². The zero-order chi connectivity index (χ0) is 19.0. The summed E-state index contributed by atoms with van der Waals surface area (Å²) in [6.07, 6.45) is 3.16. The van der Waals surface area contributed by atoms with Gasteiger partial charge in [0.2, 0.25) is 0 Å². The van der Waals surface area contributed by atoms with Gasteiger partial charge in [-0.1, -0.05) is 78.4 Å². The van der Waals surface area contributed by atoms with Crippen LogP contribution in [-0.4, -0.2) is 17.3 Å². The van der Waals surface area contributed by atoms with Crippen LogP contribution in [0.2, 0.25) is 0 Å². The first kappa shape index (κ1) is 16.9. The van der Waals surface area contributed by atoms with E-state index in [0.717, 1.165) is 11.1 Å². The van der Waals surface area contributed by atoms with Crippen molar-refractivity contribution in [3.05, 3.63) is 112 Å². The Morgan fingerprint density at radius 3 is 2.07 bits per heavy atom. The van der Waals surface area contributed by atoms with E-state index in [4.69, 9.17) is 0 Å². The minimum absolute atomic E-state index is 0.194. The number of rotatable bonds is 3. The van der Waals surface area contributed by atoms with E-state index in [9.17, 15) is 14.4 Å². The molecular formula is C24H16O3. The molecule has 0 amide bonds. The molecule has 130 valence electrons. The summed E-state index contributed by atoms with van der Waals surface area (Å²) < 4.78 is 0. The van der Waals surface area contributed by atoms with Crippen molar-refractivity contribution in [2.24, 2.45) is 0 Å². The molecule has 0 saturated carbocycles. The van der Waals surface area contributed by atoms with E-state index in [1.165, 1.54) is 6.08 Å². The zero-order valence-corrected chi connectivity index (χ0v) is 14.7. The maximum Gasteiger partial charge on any atom is 0.195 e. The number of carbonyl (C=O) groups is 3. The molecular weight excluding hydrogens is 336 g/mol. The smallest absolute Gasteiger partial charge is 0.195 e. The monoisotopic (exact) mass is 352 g/mol. The molecule has 0 radical (unpaired) electrons. The Balaban J connectivity index is 1.75. The molecule has 3 nitrogen and oxygen atoms in total. The lowest BCUT2D eigenvalue weighted by Gasteiger charge is -2.19. The van der Waals surface area contributed by atoms with Crippen molar-refractivity contribution in [1.29, 1.82) is 0 Å². The highest BCUT2D eigenvalue weighted by Crippen LogP contribution is 2.29. The molecule has 0 saturated heterocycles. The predicted octanol–water partition coefficient (Wildman–Crippen LogP) is 4.67. The Hall–Kier alpha value is -3.59. The van der Waals surface area contributed by atoms with Crippen LogP contribution in [0.1, 0.15) is 53.3 Å². The summed E-state index contributed by atoms with van der Waals surface area (Å²) >= 11 is 0. The fraction of sp³-hybridized carbons (Fsp3) is 0.0417. The fourth-order valence-corrected chi connectivity index (χ4v) is 3.29. The molecule has 0 unspecified atom stereocenters. The number of ketones is 3. The lowest BCUT2D eigenvalue weighted by Crippen LogP contribution is -2.23. The van der Waals surface area contributed by atoms with Gasteiger partial charge in [-0.05, 0) is 18.6 Å². The Bertz CT molecular complexity index is 1120. The molecule has 1 aliphatic rings. The highest BCUT2D eigenvalue weighted by Gasteiger charge is 2.32. The van der Waals surface area contributed by atoms with E-state index in [-0.39, 0.29) is 34.0 Å². The summed E-state index contributed by atoms with van der Waals surface area (Å²) in [5.74, 6) is -0.807. The van der Waals surface area contributed by atoms with Crippen LogP contribution in [0.5, 0.6) is 0 Å². The van der Waals surface area contributed by atoms with Gasteiger partial charge in [-0.3, -0.25) is 14.4 Å². The third-order valence-corrected chi connectivity index (χ3v) is 4.72. The van der Waals surface area contributed by atoms with Gasteiger partial charge in [0.05, 0.1) is 0 Å². The first-order chi connectivity index (χ1) is 13.1. The maximum absolute atomic E-state index is 13.0. The van der Waals surface area contributed by atoms with Crippen LogP contribution in [0.25, 0.3) is 6.08 Å². The minimum atomic E-state index is -0.298. The summed E-state index contributed by atoms with van der Waals surface area (Å²) in [5.41, 5.74) is 3.49. The Morgan fingerprint density at radius 1 is 0.741 bits per heavy atom. The van der Waals surface area contributed by atoms with Crippen molar-refractivity contribution in [2.45, 2.75) is 6.92 Å². The molecule has 27 heavy (non-hydrogen) atoms. The van der Waals surface area contributed by atoms with Gasteiger partial charge in [0.15, 0.2) is 17.3 Å². The van der Waals surface area contributed by atoms with E-state index in [1.807, 2.05) is 31.2 Å². The van der Waals surface area contributed by atoms with Gasteiger partial charge in [-0.15, -0.1) is 0 Å². The quantitative estimate of drug-likeness (QED) is 0.398. The summed E-state index contributed by atoms with van der Waals surface area (Å²) in [7, 11) is 0. The van der Waals surface area contributed by atoms with Gasteiger partial charge in [-0.25, -0.2) is 0 Å². The Morgan fingerprint density at radius 2 is 1.37 bits per heavy atom. The highest BCUT2D eigenvalue weighted by atomic mass is 16.1. The van der Waals surface area contributed by atoms with Crippen LogP contribution in [0, 0.1) is 6.92 Å². The van der Waals surface area contributed by atoms with Crippen LogP contribution < -0.4 is 0 Å². The van der Waals surface area contributed by atoms with Crippen LogP contribution in [0.15, 0.2) is 72.8 Å². The van der Waals surface area contributed by atoms with Crippen LogP contribution in [0.4, 0.5) is 0 Å². The summed E-state index contributed by atoms with van der Waals surface area (Å²) in [6, 6.07) is 19.3. The van der Waals surface area contributed by atoms with E-state index < -0.39 is 0 Å². The van der Waals surface area contributed by atoms with Gasteiger partial charge in [-0.2, -0.15) is 0 Å². The molecule has 0 N–H and O–H groups in total. The molecule has 3 aromatic rings. The number of hydrogen-bond donors (Lipinski definition) is 0. The van der Waals surface area contributed by atoms with E-state index in [2.05, 4.69) is 0 Å². The van der Waals surface area contributed by atoms with Crippen LogP contribution in [-0.2, 0) is 0 Å². The first-order valence-electron chi connectivity index (χ1n) is 8.67. The van der Waals surface area contributed by atoms with E-state index in [1.54, 1.807) is 48.5 Å². The number of benzene rings is 3. The predicted molar refractivity (Wildman–Crippen MR) is 104 cm³/mol. The molecule has 0 heterocycles. The fourth-order valence-electron chi connectivity index (χ4n) is 3.29. The maximum atomic E-state index is 13.0. The molecule has 0 aromatic heterocycles. The van der Waals surface area contributed by atoms with Crippen molar-refractivity contribution in [3.8, 4) is 0 Å². The average molecular weight is 352 g/mol. The van der Waals surface area contributed by atoms with E-state index >= 15 is 0 Å². The molecule has 3 heteroatoms. The van der Waals surface area contributed by atoms with Crippen molar-refractivity contribution in [3.63, 3.8) is 0 Å². The van der Waals surface area contributed by atoms with Crippen LogP contribution >= 0.6 is 0 Å². The van der Waals surface area contributed by atoms with Gasteiger partial charge in [0.25, 0.3) is 0 Å². The summed E-state index contributed by atoms with van der Waals surface area (Å²) in [5, 5.41) is 0. The first-order valence-corrected chi connectivity index (χ1v) is 8.67. The SMILES string of the molecule is Cc1ccc(/C=C/C(=O)c2cccc3c2C(=O)c2ccccc2C3=O)cc1. The second kappa shape index (κ2) is 6.61. The van der Waals surface area contributed by atoms with Crippen molar-refractivity contribution in [1.82, 2.24) is 0 Å². The standard InChI is InChI=1S/C24H16O3/c1-15-9-11-16(12-10-15)13-14-21(25)19-7-4-8-20-22(19)24(27)18-6-3-2-5-17(18)23(20)26/h2-14H,1H3/b14-13+. The lowest BCUT2D eigenvalue weighted by molar-refractivity contribution is 0.0972. The summed E-state index contributed by atoms with van der Waals surface area (Å²) in [6.45, 7) is 2.00. The van der Waals surface area contributed by atoms with Gasteiger partial charge in [0.1, 0.15) is 0 Å². The average Bonchev–Trinajstić information content (AvgIpc) is 2.71. The third kappa shape index (κ3) is 2.93. The second-order valence-corrected chi connectivity index (χ2v) is 6.54. The topological polar surface area (TPSA) is 51.2 Å². The minimum Gasteiger partial charge on any atom is -0.289 e. The Labute approximate surface area is 157 Å².